The van der Waals surface area contributed by atoms with Crippen molar-refractivity contribution in [2.45, 2.75) is 46.1 Å². The van der Waals surface area contributed by atoms with Crippen molar-refractivity contribution in [3.05, 3.63) is 29.6 Å². The lowest BCUT2D eigenvalue weighted by Crippen LogP contribution is -2.22. The predicted octanol–water partition coefficient (Wildman–Crippen LogP) is 2.81. The number of nitrogens with zero attached hydrogens (tertiary/aromatic N) is 1. The van der Waals surface area contributed by atoms with Gasteiger partial charge in [-0.25, -0.2) is 0 Å². The van der Waals surface area contributed by atoms with E-state index in [9.17, 15) is 0 Å². The summed E-state index contributed by atoms with van der Waals surface area (Å²) in [6.07, 6.45) is 1.87. The summed E-state index contributed by atoms with van der Waals surface area (Å²) in [6.45, 7) is 11.8. The topological polar surface area (TPSA) is 24.9 Å². The Morgan fingerprint density at radius 1 is 1.29 bits per heavy atom. The number of nitrogens with one attached hydrogen (secondary N) is 1. The first-order valence-electron chi connectivity index (χ1n) is 6.08. The highest BCUT2D eigenvalue weighted by Gasteiger charge is 2.07. The molecule has 0 atom stereocenters. The number of rotatable bonds is 3. The van der Waals surface area contributed by atoms with Crippen molar-refractivity contribution in [2.75, 3.05) is 0 Å². The van der Waals surface area contributed by atoms with E-state index in [0.717, 1.165) is 17.8 Å². The fourth-order valence-corrected chi connectivity index (χ4v) is 1.69. The molecule has 0 aliphatic rings. The van der Waals surface area contributed by atoms with Gasteiger partial charge in [-0.1, -0.05) is 39.4 Å². The Morgan fingerprint density at radius 3 is 2.47 bits per heavy atom. The van der Waals surface area contributed by atoms with Crippen LogP contribution in [0.5, 0.6) is 0 Å². The summed E-state index contributed by atoms with van der Waals surface area (Å²) in [5.74, 6) is 3.21. The van der Waals surface area contributed by atoms with Gasteiger partial charge in [0.25, 0.3) is 0 Å². The fraction of sp³-hybridized carbons (Fsp3) is 0.500. The molecule has 0 amide bonds. The third-order valence-corrected chi connectivity index (χ3v) is 2.97. The second-order valence-electron chi connectivity index (χ2n) is 5.57. The lowest BCUT2D eigenvalue weighted by Gasteiger charge is -2.07. The molecule has 1 aromatic rings. The first-order valence-corrected chi connectivity index (χ1v) is 9.58. The van der Waals surface area contributed by atoms with Gasteiger partial charge in [-0.05, 0) is 12.1 Å². The normalized spacial score (nSPS) is 11.2. The fourth-order valence-electron chi connectivity index (χ4n) is 1.17. The Kier molecular flexibility index (Phi) is 4.92. The molecule has 2 nitrogen and oxygen atoms in total. The molecule has 0 aromatic carbocycles. The van der Waals surface area contributed by atoms with Gasteiger partial charge in [0.05, 0.1) is 5.69 Å². The standard InChI is InChI=1S/C14H22N2Si/c1-12(2)15-11-14-7-6-13(10-16-14)8-9-17(3,4)5/h6-7,10,12,15H,11H2,1-5H3. The summed E-state index contributed by atoms with van der Waals surface area (Å²) in [5, 5.41) is 3.35. The van der Waals surface area contributed by atoms with Gasteiger partial charge >= 0.3 is 0 Å². The van der Waals surface area contributed by atoms with Gasteiger partial charge in [0.2, 0.25) is 0 Å². The average molecular weight is 246 g/mol. The SMILES string of the molecule is CC(C)NCc1ccc(C#C[Si](C)(C)C)cn1. The highest BCUT2D eigenvalue weighted by atomic mass is 28.3. The molecular formula is C14H22N2Si. The molecule has 1 heterocycles. The van der Waals surface area contributed by atoms with E-state index >= 15 is 0 Å². The van der Waals surface area contributed by atoms with Gasteiger partial charge in [-0.15, -0.1) is 5.54 Å². The van der Waals surface area contributed by atoms with E-state index in [4.69, 9.17) is 0 Å². The summed E-state index contributed by atoms with van der Waals surface area (Å²) in [4.78, 5) is 4.40. The molecule has 92 valence electrons. The zero-order valence-electron chi connectivity index (χ0n) is 11.5. The van der Waals surface area contributed by atoms with E-state index in [1.54, 1.807) is 0 Å². The molecular weight excluding hydrogens is 224 g/mol. The average Bonchev–Trinajstić information content (AvgIpc) is 2.24. The molecule has 0 unspecified atom stereocenters. The molecule has 3 heteroatoms. The third-order valence-electron chi connectivity index (χ3n) is 2.10. The molecule has 1 rings (SSSR count). The Hall–Kier alpha value is -1.11. The van der Waals surface area contributed by atoms with Crippen LogP contribution in [0.15, 0.2) is 18.3 Å². The molecule has 0 fully saturated rings. The van der Waals surface area contributed by atoms with Crippen molar-refractivity contribution in [1.29, 1.82) is 0 Å². The van der Waals surface area contributed by atoms with E-state index in [0.29, 0.717) is 6.04 Å². The Morgan fingerprint density at radius 2 is 2.00 bits per heavy atom. The Balaban J connectivity index is 2.64. The molecule has 0 spiro atoms. The molecule has 17 heavy (non-hydrogen) atoms. The maximum atomic E-state index is 4.40. The number of hydrogen-bond donors (Lipinski definition) is 1. The maximum absolute atomic E-state index is 4.40. The van der Waals surface area contributed by atoms with Crippen LogP contribution in [0.4, 0.5) is 0 Å². The van der Waals surface area contributed by atoms with Crippen LogP contribution in [0.25, 0.3) is 0 Å². The summed E-state index contributed by atoms with van der Waals surface area (Å²) >= 11 is 0. The quantitative estimate of drug-likeness (QED) is 0.655. The Labute approximate surface area is 106 Å². The molecule has 1 N–H and O–H groups in total. The third kappa shape index (κ3) is 6.25. The van der Waals surface area contributed by atoms with E-state index < -0.39 is 8.07 Å². The molecule has 0 bridgehead atoms. The zero-order valence-corrected chi connectivity index (χ0v) is 12.5. The molecule has 0 saturated carbocycles. The van der Waals surface area contributed by atoms with Crippen molar-refractivity contribution >= 4 is 8.07 Å². The van der Waals surface area contributed by atoms with Gasteiger partial charge in [0.1, 0.15) is 8.07 Å². The van der Waals surface area contributed by atoms with Crippen molar-refractivity contribution in [2.24, 2.45) is 0 Å². The van der Waals surface area contributed by atoms with Crippen molar-refractivity contribution < 1.29 is 0 Å². The second-order valence-corrected chi connectivity index (χ2v) is 10.3. The Bertz CT molecular complexity index is 405. The van der Waals surface area contributed by atoms with Crippen LogP contribution in [0.3, 0.4) is 0 Å². The summed E-state index contributed by atoms with van der Waals surface area (Å²) in [7, 11) is -1.28. The van der Waals surface area contributed by atoms with Gasteiger partial charge in [-0.2, -0.15) is 0 Å². The second kappa shape index (κ2) is 5.99. The van der Waals surface area contributed by atoms with Crippen LogP contribution in [0, 0.1) is 11.5 Å². The summed E-state index contributed by atoms with van der Waals surface area (Å²) in [6, 6.07) is 4.59. The minimum absolute atomic E-state index is 0.489. The number of pyridine rings is 1. The van der Waals surface area contributed by atoms with Crippen molar-refractivity contribution in [3.8, 4) is 11.5 Å². The highest BCUT2D eigenvalue weighted by Crippen LogP contribution is 2.01. The van der Waals surface area contributed by atoms with Gasteiger partial charge < -0.3 is 5.32 Å². The van der Waals surface area contributed by atoms with Crippen molar-refractivity contribution in [1.82, 2.24) is 10.3 Å². The molecule has 0 saturated heterocycles. The van der Waals surface area contributed by atoms with E-state index in [1.807, 2.05) is 12.3 Å². The van der Waals surface area contributed by atoms with Crippen molar-refractivity contribution in [3.63, 3.8) is 0 Å². The summed E-state index contributed by atoms with van der Waals surface area (Å²) in [5.41, 5.74) is 5.42. The number of aromatic nitrogens is 1. The van der Waals surface area contributed by atoms with Crippen LogP contribution in [0.1, 0.15) is 25.1 Å². The maximum Gasteiger partial charge on any atom is 0.129 e. The lowest BCUT2D eigenvalue weighted by atomic mass is 10.2. The first kappa shape index (κ1) is 13.9. The molecule has 1 aromatic heterocycles. The van der Waals surface area contributed by atoms with E-state index in [2.05, 4.69) is 61.3 Å². The largest absolute Gasteiger partial charge is 0.309 e. The smallest absolute Gasteiger partial charge is 0.129 e. The minimum atomic E-state index is -1.28. The van der Waals surface area contributed by atoms with Gasteiger partial charge in [-0.3, -0.25) is 4.98 Å². The molecule has 0 radical (unpaired) electrons. The number of hydrogen-bond acceptors (Lipinski definition) is 2. The molecule has 0 aliphatic heterocycles. The predicted molar refractivity (Wildman–Crippen MR) is 76.4 cm³/mol. The van der Waals surface area contributed by atoms with Crippen LogP contribution < -0.4 is 5.32 Å². The lowest BCUT2D eigenvalue weighted by molar-refractivity contribution is 0.581. The van der Waals surface area contributed by atoms with Gasteiger partial charge in [0, 0.05) is 24.3 Å². The van der Waals surface area contributed by atoms with Crippen LogP contribution in [-0.4, -0.2) is 19.1 Å². The minimum Gasteiger partial charge on any atom is -0.309 e. The van der Waals surface area contributed by atoms with Crippen LogP contribution in [-0.2, 0) is 6.54 Å². The van der Waals surface area contributed by atoms with Crippen LogP contribution >= 0.6 is 0 Å². The zero-order chi connectivity index (χ0) is 12.9. The molecule has 0 aliphatic carbocycles. The van der Waals surface area contributed by atoms with Gasteiger partial charge in [0.15, 0.2) is 0 Å². The first-order chi connectivity index (χ1) is 7.87. The van der Waals surface area contributed by atoms with Crippen LogP contribution in [0.2, 0.25) is 19.6 Å². The van der Waals surface area contributed by atoms with E-state index in [-0.39, 0.29) is 0 Å². The summed E-state index contributed by atoms with van der Waals surface area (Å²) < 4.78 is 0. The highest BCUT2D eigenvalue weighted by molar-refractivity contribution is 6.83. The monoisotopic (exact) mass is 246 g/mol. The van der Waals surface area contributed by atoms with E-state index in [1.165, 1.54) is 0 Å².